The van der Waals surface area contributed by atoms with E-state index in [1.165, 1.54) is 6.92 Å². The van der Waals surface area contributed by atoms with E-state index in [1.807, 2.05) is 48.5 Å². The van der Waals surface area contributed by atoms with Crippen LogP contribution in [0.2, 0.25) is 0 Å². The SMILES string of the molecule is CC(NC(=O)OCC1c2ccccc2-c2ccccc21)(C(=O)N1CC(F)(F)C[C@H]1C(=O)O)C1CC1. The number of carboxylic acid groups (broad SMARTS) is 1. The van der Waals surface area contributed by atoms with Gasteiger partial charge in [-0.15, -0.1) is 0 Å². The quantitative estimate of drug-likeness (QED) is 0.646. The van der Waals surface area contributed by atoms with Crippen LogP contribution in [-0.4, -0.2) is 58.6 Å². The molecule has 1 saturated heterocycles. The van der Waals surface area contributed by atoms with Crippen LogP contribution >= 0.6 is 0 Å². The zero-order valence-electron chi connectivity index (χ0n) is 19.2. The molecular formula is C26H26F2N2O5. The zero-order valence-corrected chi connectivity index (χ0v) is 19.2. The highest BCUT2D eigenvalue weighted by molar-refractivity contribution is 5.93. The Hall–Kier alpha value is -3.49. The van der Waals surface area contributed by atoms with E-state index in [2.05, 4.69) is 5.32 Å². The van der Waals surface area contributed by atoms with E-state index in [1.54, 1.807) is 0 Å². The van der Waals surface area contributed by atoms with Gasteiger partial charge in [-0.05, 0) is 47.9 Å². The summed E-state index contributed by atoms with van der Waals surface area (Å²) in [5.41, 5.74) is 2.68. The van der Waals surface area contributed by atoms with Gasteiger partial charge in [0.25, 0.3) is 5.92 Å². The fraction of sp³-hybridized carbons (Fsp3) is 0.423. The van der Waals surface area contributed by atoms with Gasteiger partial charge < -0.3 is 20.1 Å². The number of rotatable bonds is 6. The molecule has 2 fully saturated rings. The Morgan fingerprint density at radius 2 is 1.66 bits per heavy atom. The first-order valence-corrected chi connectivity index (χ1v) is 11.7. The highest BCUT2D eigenvalue weighted by Crippen LogP contribution is 2.45. The number of carboxylic acids is 1. The van der Waals surface area contributed by atoms with Crippen molar-refractivity contribution in [2.24, 2.45) is 5.92 Å². The molecule has 2 aromatic rings. The van der Waals surface area contributed by atoms with Crippen molar-refractivity contribution in [2.45, 2.75) is 49.6 Å². The highest BCUT2D eigenvalue weighted by Gasteiger charge is 2.57. The Morgan fingerprint density at radius 1 is 1.09 bits per heavy atom. The third kappa shape index (κ3) is 4.13. The standard InChI is InChI=1S/C26H26F2N2O5/c1-25(15-10-11-15,23(33)30-14-26(27,28)12-21(30)22(31)32)29-24(34)35-13-20-18-8-4-2-6-16(18)17-7-3-5-9-19(17)20/h2-9,15,20-21H,10-14H2,1H3,(H,29,34)(H,31,32)/t21-,25?/m0/s1. The molecule has 2 aliphatic carbocycles. The lowest BCUT2D eigenvalue weighted by Gasteiger charge is -2.34. The molecule has 0 spiro atoms. The molecule has 1 heterocycles. The molecule has 3 aliphatic rings. The first kappa shape index (κ1) is 23.3. The summed E-state index contributed by atoms with van der Waals surface area (Å²) in [6, 6.07) is 14.1. The molecule has 1 unspecified atom stereocenters. The largest absolute Gasteiger partial charge is 0.480 e. The number of alkyl carbamates (subject to hydrolysis) is 1. The van der Waals surface area contributed by atoms with Gasteiger partial charge in [-0.3, -0.25) is 4.79 Å². The summed E-state index contributed by atoms with van der Waals surface area (Å²) in [6.07, 6.45) is -0.547. The summed E-state index contributed by atoms with van der Waals surface area (Å²) < 4.78 is 33.6. The number of hydrogen-bond acceptors (Lipinski definition) is 4. The van der Waals surface area contributed by atoms with E-state index in [-0.39, 0.29) is 18.4 Å². The predicted octanol–water partition coefficient (Wildman–Crippen LogP) is 4.01. The molecular weight excluding hydrogens is 458 g/mol. The number of carbonyl (C=O) groups is 3. The molecule has 2 aromatic carbocycles. The number of nitrogens with zero attached hydrogens (tertiary/aromatic N) is 1. The molecule has 184 valence electrons. The van der Waals surface area contributed by atoms with Crippen LogP contribution in [-0.2, 0) is 14.3 Å². The van der Waals surface area contributed by atoms with Gasteiger partial charge in [-0.2, -0.15) is 0 Å². The normalized spacial score (nSPS) is 22.1. The molecule has 35 heavy (non-hydrogen) atoms. The summed E-state index contributed by atoms with van der Waals surface area (Å²) >= 11 is 0. The lowest BCUT2D eigenvalue weighted by atomic mass is 9.93. The molecule has 0 bridgehead atoms. The average molecular weight is 484 g/mol. The van der Waals surface area contributed by atoms with Crippen molar-refractivity contribution in [3.8, 4) is 11.1 Å². The second kappa shape index (κ2) is 8.32. The number of alkyl halides is 2. The molecule has 5 rings (SSSR count). The van der Waals surface area contributed by atoms with Gasteiger partial charge in [0.2, 0.25) is 5.91 Å². The smallest absolute Gasteiger partial charge is 0.408 e. The molecule has 1 saturated carbocycles. The average Bonchev–Trinajstić information content (AvgIpc) is 3.56. The van der Waals surface area contributed by atoms with Crippen molar-refractivity contribution in [3.05, 3.63) is 59.7 Å². The van der Waals surface area contributed by atoms with E-state index >= 15 is 0 Å². The number of fused-ring (bicyclic) bond motifs is 3. The number of ether oxygens (including phenoxy) is 1. The molecule has 2 amide bonds. The molecule has 2 N–H and O–H groups in total. The second-order valence-electron chi connectivity index (χ2n) is 9.77. The van der Waals surface area contributed by atoms with Crippen molar-refractivity contribution in [1.29, 1.82) is 0 Å². The fourth-order valence-electron chi connectivity index (χ4n) is 5.39. The minimum Gasteiger partial charge on any atom is -0.480 e. The van der Waals surface area contributed by atoms with Crippen molar-refractivity contribution < 1.29 is 33.0 Å². The Kier molecular flexibility index (Phi) is 5.53. The van der Waals surface area contributed by atoms with Crippen molar-refractivity contribution in [3.63, 3.8) is 0 Å². The third-order valence-electron chi connectivity index (χ3n) is 7.36. The van der Waals surface area contributed by atoms with Crippen LogP contribution in [0, 0.1) is 5.92 Å². The van der Waals surface area contributed by atoms with Crippen molar-refractivity contribution in [1.82, 2.24) is 10.2 Å². The Labute approximate surface area is 201 Å². The number of carbonyl (C=O) groups excluding carboxylic acids is 2. The first-order valence-electron chi connectivity index (χ1n) is 11.7. The molecule has 2 atom stereocenters. The van der Waals surface area contributed by atoms with E-state index in [0.29, 0.717) is 17.7 Å². The lowest BCUT2D eigenvalue weighted by molar-refractivity contribution is -0.151. The number of halogens is 2. The second-order valence-corrected chi connectivity index (χ2v) is 9.77. The monoisotopic (exact) mass is 484 g/mol. The van der Waals surface area contributed by atoms with Gasteiger partial charge in [0.15, 0.2) is 0 Å². The summed E-state index contributed by atoms with van der Waals surface area (Å²) in [5, 5.41) is 12.0. The summed E-state index contributed by atoms with van der Waals surface area (Å²) in [6.45, 7) is 0.510. The van der Waals surface area contributed by atoms with E-state index in [9.17, 15) is 28.3 Å². The topological polar surface area (TPSA) is 95.9 Å². The minimum atomic E-state index is -3.30. The maximum absolute atomic E-state index is 14.0. The maximum atomic E-state index is 14.0. The van der Waals surface area contributed by atoms with E-state index in [4.69, 9.17) is 4.74 Å². The van der Waals surface area contributed by atoms with Gasteiger partial charge in [-0.1, -0.05) is 48.5 Å². The Bertz CT molecular complexity index is 1150. The van der Waals surface area contributed by atoms with Gasteiger partial charge in [-0.25, -0.2) is 18.4 Å². The van der Waals surface area contributed by atoms with E-state index in [0.717, 1.165) is 22.3 Å². The van der Waals surface area contributed by atoms with Gasteiger partial charge in [0, 0.05) is 12.3 Å². The van der Waals surface area contributed by atoms with Gasteiger partial charge in [0.05, 0.1) is 6.54 Å². The van der Waals surface area contributed by atoms with Gasteiger partial charge in [0.1, 0.15) is 18.2 Å². The summed E-state index contributed by atoms with van der Waals surface area (Å²) in [5.74, 6) is -6.07. The van der Waals surface area contributed by atoms with Crippen LogP contribution in [0.25, 0.3) is 11.1 Å². The number of benzene rings is 2. The highest BCUT2D eigenvalue weighted by atomic mass is 19.3. The minimum absolute atomic E-state index is 0.0360. The molecule has 0 radical (unpaired) electrons. The maximum Gasteiger partial charge on any atom is 0.408 e. The Balaban J connectivity index is 1.31. The van der Waals surface area contributed by atoms with Crippen LogP contribution in [0.15, 0.2) is 48.5 Å². The van der Waals surface area contributed by atoms with Crippen LogP contribution < -0.4 is 5.32 Å². The number of likely N-dealkylation sites (tertiary alicyclic amines) is 1. The van der Waals surface area contributed by atoms with Crippen molar-refractivity contribution in [2.75, 3.05) is 13.2 Å². The molecule has 0 aromatic heterocycles. The van der Waals surface area contributed by atoms with Crippen LogP contribution in [0.1, 0.15) is 43.2 Å². The van der Waals surface area contributed by atoms with Gasteiger partial charge >= 0.3 is 12.1 Å². The fourth-order valence-corrected chi connectivity index (χ4v) is 5.39. The molecule has 9 heteroatoms. The molecule has 7 nitrogen and oxygen atoms in total. The van der Waals surface area contributed by atoms with E-state index < -0.39 is 48.4 Å². The number of hydrogen-bond donors (Lipinski definition) is 2. The first-order chi connectivity index (χ1) is 16.6. The number of amides is 2. The summed E-state index contributed by atoms with van der Waals surface area (Å²) in [4.78, 5) is 38.4. The lowest BCUT2D eigenvalue weighted by Crippen LogP contribution is -2.61. The van der Waals surface area contributed by atoms with Crippen LogP contribution in [0.4, 0.5) is 13.6 Å². The third-order valence-corrected chi connectivity index (χ3v) is 7.36. The zero-order chi connectivity index (χ0) is 25.0. The van der Waals surface area contributed by atoms with Crippen LogP contribution in [0.3, 0.4) is 0 Å². The summed E-state index contributed by atoms with van der Waals surface area (Å²) in [7, 11) is 0. The molecule has 1 aliphatic heterocycles. The van der Waals surface area contributed by atoms with Crippen molar-refractivity contribution >= 4 is 18.0 Å². The number of nitrogens with one attached hydrogen (secondary N) is 1. The number of aliphatic carboxylic acids is 1. The predicted molar refractivity (Wildman–Crippen MR) is 122 cm³/mol. The Morgan fingerprint density at radius 3 is 2.20 bits per heavy atom. The van der Waals surface area contributed by atoms with Crippen LogP contribution in [0.5, 0.6) is 0 Å².